The number of nitrogens with zero attached hydrogens (tertiary/aromatic N) is 2. The minimum absolute atomic E-state index is 0.128. The summed E-state index contributed by atoms with van der Waals surface area (Å²) in [5.74, 6) is 0.258. The second-order valence-electron chi connectivity index (χ2n) is 2.98. The zero-order valence-corrected chi connectivity index (χ0v) is 7.95. The van der Waals surface area contributed by atoms with E-state index in [4.69, 9.17) is 4.42 Å². The first kappa shape index (κ1) is 9.76. The Morgan fingerprint density at radius 2 is 2.13 bits per heavy atom. The van der Waals surface area contributed by atoms with Gasteiger partial charge in [0.2, 0.25) is 5.89 Å². The lowest BCUT2D eigenvalue weighted by Gasteiger charge is -1.91. The number of hydrogen-bond acceptors (Lipinski definition) is 3. The van der Waals surface area contributed by atoms with Crippen LogP contribution in [0.4, 0.5) is 8.78 Å². The lowest BCUT2D eigenvalue weighted by atomic mass is 10.3. The van der Waals surface area contributed by atoms with Crippen LogP contribution in [0.3, 0.4) is 0 Å². The van der Waals surface area contributed by atoms with Gasteiger partial charge in [-0.2, -0.15) is 0 Å². The molecular weight excluding hydrogens is 202 g/mol. The molecular formula is C10H8F2N2O. The third kappa shape index (κ3) is 1.86. The van der Waals surface area contributed by atoms with Crippen LogP contribution in [0, 0.1) is 6.92 Å². The van der Waals surface area contributed by atoms with Crippen LogP contribution in [0.1, 0.15) is 17.9 Å². The molecule has 0 atom stereocenters. The number of aromatic nitrogens is 2. The maximum absolute atomic E-state index is 12.4. The Kier molecular flexibility index (Phi) is 2.45. The highest BCUT2D eigenvalue weighted by atomic mass is 19.3. The summed E-state index contributed by atoms with van der Waals surface area (Å²) in [5, 5.41) is 0. The fourth-order valence-electron chi connectivity index (χ4n) is 1.21. The Morgan fingerprint density at radius 3 is 2.67 bits per heavy atom. The Hall–Kier alpha value is -1.78. The fourth-order valence-corrected chi connectivity index (χ4v) is 1.21. The van der Waals surface area contributed by atoms with Crippen LogP contribution >= 0.6 is 0 Å². The number of aryl methyl sites for hydroxylation is 1. The molecule has 0 bridgehead atoms. The Bertz CT molecular complexity index is 454. The van der Waals surface area contributed by atoms with Gasteiger partial charge in [-0.05, 0) is 19.1 Å². The standard InChI is InChI=1S/C10H8F2N2O/c1-6-8(9(11)12)14-10(15-6)7-4-2-3-5-13-7/h2-5,9H,1H3. The van der Waals surface area contributed by atoms with E-state index in [-0.39, 0.29) is 17.3 Å². The summed E-state index contributed by atoms with van der Waals surface area (Å²) in [6.45, 7) is 1.46. The molecule has 0 fully saturated rings. The molecule has 0 aliphatic carbocycles. The average Bonchev–Trinajstić information content (AvgIpc) is 2.62. The molecule has 0 radical (unpaired) electrons. The van der Waals surface area contributed by atoms with E-state index in [1.54, 1.807) is 24.4 Å². The highest BCUT2D eigenvalue weighted by Gasteiger charge is 2.19. The molecule has 2 heterocycles. The molecule has 2 rings (SSSR count). The van der Waals surface area contributed by atoms with Crippen LogP contribution in [-0.2, 0) is 0 Å². The van der Waals surface area contributed by atoms with Crippen molar-refractivity contribution in [1.82, 2.24) is 9.97 Å². The van der Waals surface area contributed by atoms with Crippen molar-refractivity contribution < 1.29 is 13.2 Å². The van der Waals surface area contributed by atoms with Crippen molar-refractivity contribution >= 4 is 0 Å². The van der Waals surface area contributed by atoms with Gasteiger partial charge in [0.25, 0.3) is 6.43 Å². The first-order chi connectivity index (χ1) is 7.18. The minimum Gasteiger partial charge on any atom is -0.440 e. The monoisotopic (exact) mass is 210 g/mol. The predicted molar refractivity (Wildman–Crippen MR) is 49.4 cm³/mol. The Morgan fingerprint density at radius 1 is 1.33 bits per heavy atom. The first-order valence-electron chi connectivity index (χ1n) is 4.35. The maximum atomic E-state index is 12.4. The summed E-state index contributed by atoms with van der Waals surface area (Å²) in [7, 11) is 0. The summed E-state index contributed by atoms with van der Waals surface area (Å²) < 4.78 is 29.9. The number of oxazole rings is 1. The highest BCUT2D eigenvalue weighted by molar-refractivity contribution is 5.47. The van der Waals surface area contributed by atoms with Gasteiger partial charge < -0.3 is 4.42 Å². The third-order valence-corrected chi connectivity index (χ3v) is 1.92. The van der Waals surface area contributed by atoms with Crippen molar-refractivity contribution in [2.75, 3.05) is 0 Å². The number of halogens is 2. The quantitative estimate of drug-likeness (QED) is 0.764. The summed E-state index contributed by atoms with van der Waals surface area (Å²) in [4.78, 5) is 7.66. The van der Waals surface area contributed by atoms with Crippen LogP contribution in [0.25, 0.3) is 11.6 Å². The normalized spacial score (nSPS) is 10.9. The smallest absolute Gasteiger partial charge is 0.283 e. The summed E-state index contributed by atoms with van der Waals surface area (Å²) >= 11 is 0. The van der Waals surface area contributed by atoms with Gasteiger partial charge in [0.15, 0.2) is 0 Å². The van der Waals surface area contributed by atoms with Crippen molar-refractivity contribution in [2.24, 2.45) is 0 Å². The van der Waals surface area contributed by atoms with Crippen LogP contribution in [0.5, 0.6) is 0 Å². The molecule has 15 heavy (non-hydrogen) atoms. The van der Waals surface area contributed by atoms with Gasteiger partial charge in [-0.3, -0.25) is 4.98 Å². The lowest BCUT2D eigenvalue weighted by Crippen LogP contribution is -1.87. The van der Waals surface area contributed by atoms with Crippen molar-refractivity contribution in [3.63, 3.8) is 0 Å². The maximum Gasteiger partial charge on any atom is 0.283 e. The summed E-state index contributed by atoms with van der Waals surface area (Å²) in [6.07, 6.45) is -1.07. The van der Waals surface area contributed by atoms with Gasteiger partial charge in [0.05, 0.1) is 0 Å². The van der Waals surface area contributed by atoms with E-state index in [1.807, 2.05) is 0 Å². The average molecular weight is 210 g/mol. The number of alkyl halides is 2. The van der Waals surface area contributed by atoms with Gasteiger partial charge >= 0.3 is 0 Å². The van der Waals surface area contributed by atoms with Crippen LogP contribution in [0.15, 0.2) is 28.8 Å². The molecule has 0 aromatic carbocycles. The molecule has 0 aliphatic heterocycles. The molecule has 2 aromatic heterocycles. The molecule has 2 aromatic rings. The summed E-state index contributed by atoms with van der Waals surface area (Å²) in [5.41, 5.74) is 0.128. The van der Waals surface area contributed by atoms with E-state index in [9.17, 15) is 8.78 Å². The third-order valence-electron chi connectivity index (χ3n) is 1.92. The fraction of sp³-hybridized carbons (Fsp3) is 0.200. The van der Waals surface area contributed by atoms with E-state index in [0.717, 1.165) is 0 Å². The molecule has 5 heteroatoms. The second kappa shape index (κ2) is 3.76. The van der Waals surface area contributed by atoms with E-state index in [1.165, 1.54) is 6.92 Å². The van der Waals surface area contributed by atoms with Crippen LogP contribution < -0.4 is 0 Å². The predicted octanol–water partition coefficient (Wildman–Crippen LogP) is 2.98. The van der Waals surface area contributed by atoms with Crippen molar-refractivity contribution in [1.29, 1.82) is 0 Å². The van der Waals surface area contributed by atoms with Gasteiger partial charge in [0, 0.05) is 6.20 Å². The van der Waals surface area contributed by atoms with Gasteiger partial charge in [-0.15, -0.1) is 0 Å². The molecule has 0 unspecified atom stereocenters. The zero-order valence-electron chi connectivity index (χ0n) is 7.95. The Labute approximate surface area is 84.8 Å². The number of pyridine rings is 1. The van der Waals surface area contributed by atoms with Crippen molar-refractivity contribution in [2.45, 2.75) is 13.3 Å². The second-order valence-corrected chi connectivity index (χ2v) is 2.98. The molecule has 0 amide bonds. The zero-order chi connectivity index (χ0) is 10.8. The molecule has 78 valence electrons. The largest absolute Gasteiger partial charge is 0.440 e. The molecule has 0 saturated heterocycles. The van der Waals surface area contributed by atoms with Crippen LogP contribution in [-0.4, -0.2) is 9.97 Å². The molecule has 0 aliphatic rings. The van der Waals surface area contributed by atoms with Crippen LogP contribution in [0.2, 0.25) is 0 Å². The van der Waals surface area contributed by atoms with E-state index in [2.05, 4.69) is 9.97 Å². The molecule has 0 saturated carbocycles. The minimum atomic E-state index is -2.62. The number of hydrogen-bond donors (Lipinski definition) is 0. The number of rotatable bonds is 2. The van der Waals surface area contributed by atoms with E-state index in [0.29, 0.717) is 5.69 Å². The molecule has 3 nitrogen and oxygen atoms in total. The highest BCUT2D eigenvalue weighted by Crippen LogP contribution is 2.26. The van der Waals surface area contributed by atoms with Gasteiger partial charge in [-0.1, -0.05) is 6.07 Å². The first-order valence-corrected chi connectivity index (χ1v) is 4.35. The van der Waals surface area contributed by atoms with Gasteiger partial charge in [-0.25, -0.2) is 13.8 Å². The SMILES string of the molecule is Cc1oc(-c2ccccn2)nc1C(F)F. The lowest BCUT2D eigenvalue weighted by molar-refractivity contribution is 0.145. The molecule has 0 N–H and O–H groups in total. The Balaban J connectivity index is 2.43. The summed E-state index contributed by atoms with van der Waals surface area (Å²) in [6, 6.07) is 5.12. The van der Waals surface area contributed by atoms with Crippen molar-refractivity contribution in [3.8, 4) is 11.6 Å². The van der Waals surface area contributed by atoms with E-state index >= 15 is 0 Å². The van der Waals surface area contributed by atoms with Gasteiger partial charge in [0.1, 0.15) is 17.1 Å². The topological polar surface area (TPSA) is 38.9 Å². The molecule has 0 spiro atoms. The van der Waals surface area contributed by atoms with E-state index < -0.39 is 6.43 Å². The van der Waals surface area contributed by atoms with Crippen molar-refractivity contribution in [3.05, 3.63) is 35.9 Å².